The molecule has 0 radical (unpaired) electrons. The summed E-state index contributed by atoms with van der Waals surface area (Å²) in [5.74, 6) is 0.361. The summed E-state index contributed by atoms with van der Waals surface area (Å²) in [7, 11) is 0. The van der Waals surface area contributed by atoms with Gasteiger partial charge in [-0.1, -0.05) is 19.8 Å². The fraction of sp³-hybridized carbons (Fsp3) is 0.533. The van der Waals surface area contributed by atoms with E-state index >= 15 is 0 Å². The average molecular weight is 288 g/mol. The molecule has 1 aliphatic carbocycles. The lowest BCUT2D eigenvalue weighted by Gasteiger charge is -2.29. The molecule has 0 bridgehead atoms. The molecule has 0 unspecified atom stereocenters. The Labute approximate surface area is 122 Å². The molecule has 1 fully saturated rings. The van der Waals surface area contributed by atoms with Crippen molar-refractivity contribution in [2.75, 3.05) is 0 Å². The molecule has 21 heavy (non-hydrogen) atoms. The quantitative estimate of drug-likeness (QED) is 0.922. The molecule has 0 aromatic carbocycles. The third-order valence-electron chi connectivity index (χ3n) is 4.30. The van der Waals surface area contributed by atoms with Gasteiger partial charge in [-0.15, -0.1) is 0 Å². The first-order valence-electron chi connectivity index (χ1n) is 7.47. The van der Waals surface area contributed by atoms with Crippen molar-refractivity contribution in [1.29, 1.82) is 0 Å². The second-order valence-electron chi connectivity index (χ2n) is 5.83. The minimum absolute atomic E-state index is 0.0241. The van der Waals surface area contributed by atoms with Crippen molar-refractivity contribution in [3.05, 3.63) is 35.0 Å². The van der Waals surface area contributed by atoms with Gasteiger partial charge >= 0.3 is 0 Å². The van der Waals surface area contributed by atoms with Crippen LogP contribution in [0.15, 0.2) is 29.5 Å². The van der Waals surface area contributed by atoms with Gasteiger partial charge in [0.05, 0.1) is 0 Å². The second kappa shape index (κ2) is 5.71. The van der Waals surface area contributed by atoms with E-state index in [1.807, 2.05) is 0 Å². The Hall–Kier alpha value is -2.11. The summed E-state index contributed by atoms with van der Waals surface area (Å²) in [5, 5.41) is 7.08. The first kappa shape index (κ1) is 13.9. The number of carbonyl (C=O) groups excluding carboxylic acids is 1. The van der Waals surface area contributed by atoms with Crippen LogP contribution in [-0.2, 0) is 11.3 Å². The average Bonchev–Trinajstić information content (AvgIpc) is 2.94. The maximum absolute atomic E-state index is 12.2. The normalized spacial score (nSPS) is 22.3. The molecule has 1 saturated carbocycles. The molecule has 112 valence electrons. The predicted molar refractivity (Wildman–Crippen MR) is 79.0 cm³/mol. The van der Waals surface area contributed by atoms with E-state index in [0.29, 0.717) is 11.4 Å². The predicted octanol–water partition coefficient (Wildman–Crippen LogP) is 1.19. The zero-order valence-electron chi connectivity index (χ0n) is 12.2. The zero-order chi connectivity index (χ0) is 14.8. The first-order valence-corrected chi connectivity index (χ1v) is 7.47. The Morgan fingerprint density at radius 3 is 3.05 bits per heavy atom. The lowest BCUT2D eigenvalue weighted by Crippen LogP contribution is -2.43. The highest BCUT2D eigenvalue weighted by Crippen LogP contribution is 2.23. The number of aromatic nitrogens is 3. The Balaban J connectivity index is 1.71. The standard InChI is InChI=1S/C15H20N4O2/c1-11-5-2-3-6-12(11)17-14(20)9-19-15(21)13-7-4-8-18(13)10-16-19/h4,7-8,10-12H,2-3,5-6,9H2,1H3,(H,17,20)/t11-,12+/m1/s1. The van der Waals surface area contributed by atoms with E-state index in [1.54, 1.807) is 29.1 Å². The molecule has 0 saturated heterocycles. The van der Waals surface area contributed by atoms with Crippen molar-refractivity contribution < 1.29 is 4.79 Å². The van der Waals surface area contributed by atoms with E-state index in [0.717, 1.165) is 19.3 Å². The molecule has 0 spiro atoms. The molecule has 3 rings (SSSR count). The molecular weight excluding hydrogens is 268 g/mol. The zero-order valence-corrected chi connectivity index (χ0v) is 12.2. The summed E-state index contributed by atoms with van der Waals surface area (Å²) >= 11 is 0. The number of nitrogens with one attached hydrogen (secondary N) is 1. The minimum atomic E-state index is -0.241. The number of rotatable bonds is 3. The van der Waals surface area contributed by atoms with Gasteiger partial charge in [-0.05, 0) is 30.9 Å². The number of fused-ring (bicyclic) bond motifs is 1. The largest absolute Gasteiger partial charge is 0.351 e. The van der Waals surface area contributed by atoms with Crippen LogP contribution in [0.3, 0.4) is 0 Å². The summed E-state index contributed by atoms with van der Waals surface area (Å²) in [4.78, 5) is 24.3. The van der Waals surface area contributed by atoms with Gasteiger partial charge in [0.2, 0.25) is 5.91 Å². The molecule has 2 heterocycles. The van der Waals surface area contributed by atoms with Crippen LogP contribution in [0.1, 0.15) is 32.6 Å². The van der Waals surface area contributed by atoms with E-state index in [2.05, 4.69) is 17.3 Å². The number of hydrogen-bond donors (Lipinski definition) is 1. The molecule has 1 amide bonds. The summed E-state index contributed by atoms with van der Waals surface area (Å²) in [6.45, 7) is 2.14. The van der Waals surface area contributed by atoms with Gasteiger partial charge in [-0.3, -0.25) is 9.59 Å². The number of hydrogen-bond acceptors (Lipinski definition) is 3. The van der Waals surface area contributed by atoms with E-state index in [9.17, 15) is 9.59 Å². The van der Waals surface area contributed by atoms with Crippen molar-refractivity contribution in [3.63, 3.8) is 0 Å². The van der Waals surface area contributed by atoms with E-state index in [-0.39, 0.29) is 24.1 Å². The smallest absolute Gasteiger partial charge is 0.291 e. The van der Waals surface area contributed by atoms with Crippen LogP contribution >= 0.6 is 0 Å². The van der Waals surface area contributed by atoms with Crippen LogP contribution in [0.25, 0.3) is 5.52 Å². The molecule has 1 aliphatic rings. The topological polar surface area (TPSA) is 68.4 Å². The van der Waals surface area contributed by atoms with Gasteiger partial charge in [0, 0.05) is 12.2 Å². The number of nitrogens with zero attached hydrogens (tertiary/aromatic N) is 3. The highest BCUT2D eigenvalue weighted by Gasteiger charge is 2.23. The van der Waals surface area contributed by atoms with Crippen molar-refractivity contribution in [2.45, 2.75) is 45.2 Å². The monoisotopic (exact) mass is 288 g/mol. The van der Waals surface area contributed by atoms with Gasteiger partial charge in [-0.2, -0.15) is 5.10 Å². The van der Waals surface area contributed by atoms with Crippen LogP contribution < -0.4 is 10.9 Å². The van der Waals surface area contributed by atoms with Crippen LogP contribution in [0.5, 0.6) is 0 Å². The van der Waals surface area contributed by atoms with Gasteiger partial charge < -0.3 is 9.72 Å². The summed E-state index contributed by atoms with van der Waals surface area (Å²) in [6.07, 6.45) is 7.88. The van der Waals surface area contributed by atoms with E-state index in [1.165, 1.54) is 11.1 Å². The Kier molecular flexibility index (Phi) is 3.77. The van der Waals surface area contributed by atoms with Gasteiger partial charge in [0.1, 0.15) is 18.4 Å². The molecule has 6 nitrogen and oxygen atoms in total. The molecule has 2 aromatic rings. The Morgan fingerprint density at radius 1 is 1.43 bits per heavy atom. The van der Waals surface area contributed by atoms with Gasteiger partial charge in [-0.25, -0.2) is 4.68 Å². The van der Waals surface area contributed by atoms with Gasteiger partial charge in [0.25, 0.3) is 5.56 Å². The lowest BCUT2D eigenvalue weighted by atomic mass is 9.86. The van der Waals surface area contributed by atoms with Crippen LogP contribution in [0.2, 0.25) is 0 Å². The molecule has 6 heteroatoms. The van der Waals surface area contributed by atoms with Crippen molar-refractivity contribution in [3.8, 4) is 0 Å². The highest BCUT2D eigenvalue weighted by molar-refractivity contribution is 5.76. The second-order valence-corrected chi connectivity index (χ2v) is 5.83. The third-order valence-corrected chi connectivity index (χ3v) is 4.30. The Morgan fingerprint density at radius 2 is 2.24 bits per heavy atom. The number of carbonyl (C=O) groups is 1. The molecule has 1 N–H and O–H groups in total. The Bertz CT molecular complexity index is 703. The summed E-state index contributed by atoms with van der Waals surface area (Å²) < 4.78 is 2.87. The highest BCUT2D eigenvalue weighted by atomic mass is 16.2. The molecular formula is C15H20N4O2. The van der Waals surface area contributed by atoms with Crippen LogP contribution in [0.4, 0.5) is 0 Å². The third kappa shape index (κ3) is 2.84. The minimum Gasteiger partial charge on any atom is -0.351 e. The first-order chi connectivity index (χ1) is 10.1. The van der Waals surface area contributed by atoms with E-state index in [4.69, 9.17) is 0 Å². The van der Waals surface area contributed by atoms with Crippen molar-refractivity contribution in [2.24, 2.45) is 5.92 Å². The van der Waals surface area contributed by atoms with Crippen LogP contribution in [-0.4, -0.2) is 26.1 Å². The maximum Gasteiger partial charge on any atom is 0.291 e. The van der Waals surface area contributed by atoms with E-state index < -0.39 is 0 Å². The molecule has 0 aliphatic heterocycles. The SMILES string of the molecule is C[C@@H]1CCCC[C@@H]1NC(=O)Cn1ncn2cccc2c1=O. The lowest BCUT2D eigenvalue weighted by molar-refractivity contribution is -0.123. The number of amides is 1. The maximum atomic E-state index is 12.2. The van der Waals surface area contributed by atoms with Crippen LogP contribution in [0, 0.1) is 5.92 Å². The summed E-state index contributed by atoms with van der Waals surface area (Å²) in [6, 6.07) is 3.73. The fourth-order valence-electron chi connectivity index (χ4n) is 3.01. The summed E-state index contributed by atoms with van der Waals surface area (Å²) in [5.41, 5.74) is 0.290. The van der Waals surface area contributed by atoms with Crippen molar-refractivity contribution in [1.82, 2.24) is 19.5 Å². The fourth-order valence-corrected chi connectivity index (χ4v) is 3.01. The molecule has 2 aromatic heterocycles. The van der Waals surface area contributed by atoms with Gasteiger partial charge in [0.15, 0.2) is 0 Å². The van der Waals surface area contributed by atoms with Crippen molar-refractivity contribution >= 4 is 11.4 Å². The molecule has 2 atom stereocenters.